The van der Waals surface area contributed by atoms with Gasteiger partial charge in [-0.2, -0.15) is 0 Å². The number of ether oxygens (including phenoxy) is 1. The third-order valence-corrected chi connectivity index (χ3v) is 5.03. The molecule has 4 rings (SSSR count). The predicted molar refractivity (Wildman–Crippen MR) is 104 cm³/mol. The van der Waals surface area contributed by atoms with E-state index < -0.39 is 0 Å². The molecule has 2 aliphatic heterocycles. The number of nitrogens with zero attached hydrogens (tertiary/aromatic N) is 2. The molecule has 0 atom stereocenters. The van der Waals surface area contributed by atoms with E-state index in [1.54, 1.807) is 11.0 Å². The Hall–Kier alpha value is -3.08. The number of carbonyl (C=O) groups is 2. The maximum atomic E-state index is 12.5. The molecule has 0 unspecified atom stereocenters. The van der Waals surface area contributed by atoms with Gasteiger partial charge in [-0.1, -0.05) is 24.3 Å². The van der Waals surface area contributed by atoms with Gasteiger partial charge >= 0.3 is 0 Å². The Bertz CT molecular complexity index is 868. The van der Waals surface area contributed by atoms with Crippen LogP contribution >= 0.6 is 0 Å². The number of piperazine rings is 1. The Morgan fingerprint density at radius 1 is 0.926 bits per heavy atom. The van der Waals surface area contributed by atoms with Gasteiger partial charge in [-0.3, -0.25) is 9.59 Å². The molecule has 0 saturated carbocycles. The lowest BCUT2D eigenvalue weighted by Crippen LogP contribution is -2.50. The highest BCUT2D eigenvalue weighted by molar-refractivity contribution is 5.95. The van der Waals surface area contributed by atoms with Gasteiger partial charge < -0.3 is 14.5 Å². The highest BCUT2D eigenvalue weighted by Crippen LogP contribution is 2.26. The molecular formula is C22H22N2O3. The second-order valence-corrected chi connectivity index (χ2v) is 6.78. The zero-order valence-electron chi connectivity index (χ0n) is 15.1. The zero-order chi connectivity index (χ0) is 18.6. The molecule has 2 amide bonds. The molecule has 0 N–H and O–H groups in total. The smallest absolute Gasteiger partial charge is 0.253 e. The van der Waals surface area contributed by atoms with Crippen molar-refractivity contribution in [3.05, 3.63) is 71.3 Å². The molecule has 2 aromatic carbocycles. The fraction of sp³-hybridized carbons (Fsp3) is 0.273. The van der Waals surface area contributed by atoms with Crippen LogP contribution in [-0.2, 0) is 11.2 Å². The molecular weight excluding hydrogens is 340 g/mol. The Labute approximate surface area is 158 Å². The van der Waals surface area contributed by atoms with E-state index in [1.807, 2.05) is 53.4 Å². The second-order valence-electron chi connectivity index (χ2n) is 6.78. The molecule has 138 valence electrons. The molecule has 0 radical (unpaired) electrons. The van der Waals surface area contributed by atoms with Crippen molar-refractivity contribution >= 4 is 17.9 Å². The number of hydrogen-bond acceptors (Lipinski definition) is 3. The molecule has 5 nitrogen and oxygen atoms in total. The first-order chi connectivity index (χ1) is 13.2. The average molecular weight is 362 g/mol. The SMILES string of the molecule is O=C(/C=C/c1ccc2c(c1)CCO2)N1CCN(C(=O)c2ccccc2)CC1. The minimum atomic E-state index is -0.0152. The fourth-order valence-electron chi connectivity index (χ4n) is 3.48. The van der Waals surface area contributed by atoms with Gasteiger partial charge in [0.05, 0.1) is 6.61 Å². The van der Waals surface area contributed by atoms with Crippen molar-refractivity contribution in [2.45, 2.75) is 6.42 Å². The van der Waals surface area contributed by atoms with Gasteiger partial charge in [-0.15, -0.1) is 0 Å². The van der Waals surface area contributed by atoms with Crippen LogP contribution in [0.3, 0.4) is 0 Å². The lowest BCUT2D eigenvalue weighted by molar-refractivity contribution is -0.127. The van der Waals surface area contributed by atoms with Crippen molar-refractivity contribution in [3.63, 3.8) is 0 Å². The van der Waals surface area contributed by atoms with E-state index in [9.17, 15) is 9.59 Å². The van der Waals surface area contributed by atoms with Crippen LogP contribution in [0.4, 0.5) is 0 Å². The molecule has 0 aromatic heterocycles. The maximum Gasteiger partial charge on any atom is 0.253 e. The summed E-state index contributed by atoms with van der Waals surface area (Å²) in [5, 5.41) is 0. The van der Waals surface area contributed by atoms with Crippen LogP contribution in [0, 0.1) is 0 Å². The summed E-state index contributed by atoms with van der Waals surface area (Å²) in [6.45, 7) is 2.96. The highest BCUT2D eigenvalue weighted by Gasteiger charge is 2.23. The van der Waals surface area contributed by atoms with E-state index in [2.05, 4.69) is 6.07 Å². The molecule has 27 heavy (non-hydrogen) atoms. The van der Waals surface area contributed by atoms with Crippen LogP contribution < -0.4 is 4.74 Å². The van der Waals surface area contributed by atoms with E-state index in [1.165, 1.54) is 5.56 Å². The summed E-state index contributed by atoms with van der Waals surface area (Å²) in [6.07, 6.45) is 4.39. The van der Waals surface area contributed by atoms with Crippen LogP contribution in [-0.4, -0.2) is 54.4 Å². The normalized spacial score (nSPS) is 16.3. The molecule has 5 heteroatoms. The van der Waals surface area contributed by atoms with Crippen LogP contribution in [0.2, 0.25) is 0 Å². The van der Waals surface area contributed by atoms with E-state index in [4.69, 9.17) is 4.74 Å². The molecule has 0 spiro atoms. The van der Waals surface area contributed by atoms with Crippen LogP contribution in [0.25, 0.3) is 6.08 Å². The molecule has 0 bridgehead atoms. The van der Waals surface area contributed by atoms with Gasteiger partial charge in [0, 0.05) is 44.2 Å². The Kier molecular flexibility index (Phi) is 4.92. The number of carbonyl (C=O) groups excluding carboxylic acids is 2. The molecule has 0 aliphatic carbocycles. The average Bonchev–Trinajstić information content (AvgIpc) is 3.20. The van der Waals surface area contributed by atoms with Crippen molar-refractivity contribution < 1.29 is 14.3 Å². The first kappa shape index (κ1) is 17.3. The number of amides is 2. The first-order valence-corrected chi connectivity index (χ1v) is 9.28. The van der Waals surface area contributed by atoms with Gasteiger partial charge in [-0.25, -0.2) is 0 Å². The van der Waals surface area contributed by atoms with Gasteiger partial charge in [0.25, 0.3) is 5.91 Å². The van der Waals surface area contributed by atoms with Gasteiger partial charge in [0.2, 0.25) is 5.91 Å². The van der Waals surface area contributed by atoms with Crippen LogP contribution in [0.15, 0.2) is 54.6 Å². The maximum absolute atomic E-state index is 12.5. The predicted octanol–water partition coefficient (Wildman–Crippen LogP) is 2.62. The molecule has 2 heterocycles. The molecule has 1 saturated heterocycles. The van der Waals surface area contributed by atoms with Gasteiger partial charge in [-0.05, 0) is 41.5 Å². The summed E-state index contributed by atoms with van der Waals surface area (Å²) in [4.78, 5) is 28.5. The van der Waals surface area contributed by atoms with Crippen molar-refractivity contribution in [3.8, 4) is 5.75 Å². The van der Waals surface area contributed by atoms with Gasteiger partial charge in [0.15, 0.2) is 0 Å². The molecule has 1 fully saturated rings. The summed E-state index contributed by atoms with van der Waals surface area (Å²) in [6, 6.07) is 15.3. The van der Waals surface area contributed by atoms with E-state index in [-0.39, 0.29) is 11.8 Å². The number of rotatable bonds is 3. The summed E-state index contributed by atoms with van der Waals surface area (Å²) in [5.74, 6) is 0.954. The van der Waals surface area contributed by atoms with Gasteiger partial charge in [0.1, 0.15) is 5.75 Å². The summed E-state index contributed by atoms with van der Waals surface area (Å²) >= 11 is 0. The van der Waals surface area contributed by atoms with E-state index in [0.29, 0.717) is 31.7 Å². The second kappa shape index (κ2) is 7.66. The summed E-state index contributed by atoms with van der Waals surface area (Å²) in [5.41, 5.74) is 2.89. The van der Waals surface area contributed by atoms with Crippen molar-refractivity contribution in [2.75, 3.05) is 32.8 Å². The monoisotopic (exact) mass is 362 g/mol. The molecule has 2 aliphatic rings. The lowest BCUT2D eigenvalue weighted by atomic mass is 10.1. The molecule has 2 aromatic rings. The lowest BCUT2D eigenvalue weighted by Gasteiger charge is -2.34. The van der Waals surface area contributed by atoms with E-state index in [0.717, 1.165) is 24.3 Å². The summed E-state index contributed by atoms with van der Waals surface area (Å²) in [7, 11) is 0. The minimum Gasteiger partial charge on any atom is -0.493 e. The van der Waals surface area contributed by atoms with Crippen molar-refractivity contribution in [1.82, 2.24) is 9.80 Å². The third-order valence-electron chi connectivity index (χ3n) is 5.03. The number of fused-ring (bicyclic) bond motifs is 1. The zero-order valence-corrected chi connectivity index (χ0v) is 15.1. The number of hydrogen-bond donors (Lipinski definition) is 0. The Morgan fingerprint density at radius 3 is 2.44 bits per heavy atom. The van der Waals surface area contributed by atoms with Crippen molar-refractivity contribution in [1.29, 1.82) is 0 Å². The van der Waals surface area contributed by atoms with Crippen LogP contribution in [0.1, 0.15) is 21.5 Å². The Morgan fingerprint density at radius 2 is 1.67 bits per heavy atom. The topological polar surface area (TPSA) is 49.9 Å². The Balaban J connectivity index is 1.33. The standard InChI is InChI=1S/C22H22N2O3/c25-21(9-7-17-6-8-20-19(16-17)10-15-27-20)23-11-13-24(14-12-23)22(26)18-4-2-1-3-5-18/h1-9,16H,10-15H2/b9-7+. The van der Waals surface area contributed by atoms with Crippen LogP contribution in [0.5, 0.6) is 5.75 Å². The minimum absolute atomic E-state index is 0.0152. The fourth-order valence-corrected chi connectivity index (χ4v) is 3.48. The van der Waals surface area contributed by atoms with Crippen molar-refractivity contribution in [2.24, 2.45) is 0 Å². The first-order valence-electron chi connectivity index (χ1n) is 9.28. The largest absolute Gasteiger partial charge is 0.493 e. The van der Waals surface area contributed by atoms with E-state index >= 15 is 0 Å². The third kappa shape index (κ3) is 3.87. The highest BCUT2D eigenvalue weighted by atomic mass is 16.5. The quantitative estimate of drug-likeness (QED) is 0.789. The number of benzene rings is 2. The summed E-state index contributed by atoms with van der Waals surface area (Å²) < 4.78 is 5.50.